The van der Waals surface area contributed by atoms with E-state index in [-0.39, 0.29) is 5.91 Å². The van der Waals surface area contributed by atoms with Crippen molar-refractivity contribution in [3.8, 4) is 0 Å². The number of amides is 1. The molecule has 0 aliphatic heterocycles. The maximum Gasteiger partial charge on any atom is 0.220 e. The molecule has 0 aliphatic carbocycles. The highest BCUT2D eigenvalue weighted by molar-refractivity contribution is 6.30. The number of fused-ring (bicyclic) bond motifs is 1. The summed E-state index contributed by atoms with van der Waals surface area (Å²) in [6, 6.07) is 3.59. The van der Waals surface area contributed by atoms with Gasteiger partial charge in [-0.15, -0.1) is 0 Å². The molecular weight excluding hydrogens is 238 g/mol. The monoisotopic (exact) mass is 251 g/mol. The standard InChI is InChI=1S/C12H14ClN3O/c1-2-3-12(17)14-7-10-8-16-5-4-9(13)6-11(16)15-10/h4-6,8H,2-3,7H2,1H3,(H,14,17). The van der Waals surface area contributed by atoms with Gasteiger partial charge in [0.1, 0.15) is 5.65 Å². The fraction of sp³-hybridized carbons (Fsp3) is 0.333. The van der Waals surface area contributed by atoms with E-state index in [1.54, 1.807) is 12.1 Å². The highest BCUT2D eigenvalue weighted by Crippen LogP contribution is 2.12. The fourth-order valence-corrected chi connectivity index (χ4v) is 1.75. The van der Waals surface area contributed by atoms with Gasteiger partial charge < -0.3 is 9.72 Å². The SMILES string of the molecule is CCCC(=O)NCc1cn2ccc(Cl)cc2n1. The maximum absolute atomic E-state index is 11.3. The summed E-state index contributed by atoms with van der Waals surface area (Å²) < 4.78 is 1.88. The van der Waals surface area contributed by atoms with Gasteiger partial charge in [0.05, 0.1) is 12.2 Å². The number of hydrogen-bond acceptors (Lipinski definition) is 2. The Kier molecular flexibility index (Phi) is 3.64. The average molecular weight is 252 g/mol. The molecule has 0 spiro atoms. The number of pyridine rings is 1. The van der Waals surface area contributed by atoms with Gasteiger partial charge in [0.15, 0.2) is 0 Å². The van der Waals surface area contributed by atoms with Crippen molar-refractivity contribution in [2.24, 2.45) is 0 Å². The summed E-state index contributed by atoms with van der Waals surface area (Å²) in [5, 5.41) is 3.48. The van der Waals surface area contributed by atoms with E-state index >= 15 is 0 Å². The molecule has 1 amide bonds. The van der Waals surface area contributed by atoms with E-state index < -0.39 is 0 Å². The number of carbonyl (C=O) groups is 1. The van der Waals surface area contributed by atoms with Crippen molar-refractivity contribution in [1.29, 1.82) is 0 Å². The minimum absolute atomic E-state index is 0.0580. The minimum Gasteiger partial charge on any atom is -0.350 e. The second kappa shape index (κ2) is 5.19. The number of nitrogens with one attached hydrogen (secondary N) is 1. The molecule has 2 aromatic heterocycles. The van der Waals surface area contributed by atoms with E-state index in [0.29, 0.717) is 18.0 Å². The van der Waals surface area contributed by atoms with Crippen LogP contribution in [0.3, 0.4) is 0 Å². The topological polar surface area (TPSA) is 46.4 Å². The number of rotatable bonds is 4. The van der Waals surface area contributed by atoms with Crippen molar-refractivity contribution >= 4 is 23.2 Å². The zero-order valence-corrected chi connectivity index (χ0v) is 10.4. The largest absolute Gasteiger partial charge is 0.350 e. The zero-order valence-electron chi connectivity index (χ0n) is 9.61. The first kappa shape index (κ1) is 11.9. The molecule has 0 aromatic carbocycles. The number of carbonyl (C=O) groups excluding carboxylic acids is 1. The Hall–Kier alpha value is -1.55. The normalized spacial score (nSPS) is 10.7. The van der Waals surface area contributed by atoms with Crippen molar-refractivity contribution in [1.82, 2.24) is 14.7 Å². The van der Waals surface area contributed by atoms with Gasteiger partial charge in [0, 0.05) is 23.8 Å². The minimum atomic E-state index is 0.0580. The second-order valence-corrected chi connectivity index (χ2v) is 4.31. The predicted molar refractivity (Wildman–Crippen MR) is 67.0 cm³/mol. The Morgan fingerprint density at radius 2 is 2.41 bits per heavy atom. The maximum atomic E-state index is 11.3. The lowest BCUT2D eigenvalue weighted by Gasteiger charge is -2.00. The molecule has 0 unspecified atom stereocenters. The van der Waals surface area contributed by atoms with Crippen LogP contribution in [0.5, 0.6) is 0 Å². The first-order chi connectivity index (χ1) is 8.19. The number of hydrogen-bond donors (Lipinski definition) is 1. The first-order valence-electron chi connectivity index (χ1n) is 5.59. The third-order valence-electron chi connectivity index (χ3n) is 2.42. The summed E-state index contributed by atoms with van der Waals surface area (Å²) in [6.45, 7) is 2.44. The molecule has 0 radical (unpaired) electrons. The van der Waals surface area contributed by atoms with Gasteiger partial charge in [0.2, 0.25) is 5.91 Å². The van der Waals surface area contributed by atoms with E-state index in [0.717, 1.165) is 17.8 Å². The van der Waals surface area contributed by atoms with Crippen LogP contribution in [0.2, 0.25) is 5.02 Å². The second-order valence-electron chi connectivity index (χ2n) is 3.87. The van der Waals surface area contributed by atoms with Crippen molar-refractivity contribution in [3.05, 3.63) is 35.2 Å². The van der Waals surface area contributed by atoms with Gasteiger partial charge in [-0.05, 0) is 18.6 Å². The Bertz CT molecular complexity index is 536. The van der Waals surface area contributed by atoms with Gasteiger partial charge in [-0.25, -0.2) is 4.98 Å². The lowest BCUT2D eigenvalue weighted by molar-refractivity contribution is -0.121. The quantitative estimate of drug-likeness (QED) is 0.907. The lowest BCUT2D eigenvalue weighted by Crippen LogP contribution is -2.22. The number of aromatic nitrogens is 2. The van der Waals surface area contributed by atoms with E-state index in [1.165, 1.54) is 0 Å². The van der Waals surface area contributed by atoms with Gasteiger partial charge in [-0.1, -0.05) is 18.5 Å². The van der Waals surface area contributed by atoms with E-state index in [9.17, 15) is 4.79 Å². The van der Waals surface area contributed by atoms with Crippen LogP contribution in [0.4, 0.5) is 0 Å². The summed E-state index contributed by atoms with van der Waals surface area (Å²) >= 11 is 5.87. The summed E-state index contributed by atoms with van der Waals surface area (Å²) in [5.74, 6) is 0.0580. The van der Waals surface area contributed by atoms with Crippen LogP contribution in [0, 0.1) is 0 Å². The lowest BCUT2D eigenvalue weighted by atomic mass is 10.3. The van der Waals surface area contributed by atoms with Gasteiger partial charge >= 0.3 is 0 Å². The molecule has 0 atom stereocenters. The molecule has 0 aliphatic rings. The molecule has 0 bridgehead atoms. The van der Waals surface area contributed by atoms with Crippen LogP contribution in [0.15, 0.2) is 24.5 Å². The molecule has 2 aromatic rings. The van der Waals surface area contributed by atoms with Crippen molar-refractivity contribution in [3.63, 3.8) is 0 Å². The molecular formula is C12H14ClN3O. The smallest absolute Gasteiger partial charge is 0.220 e. The summed E-state index contributed by atoms with van der Waals surface area (Å²) in [4.78, 5) is 15.7. The third-order valence-corrected chi connectivity index (χ3v) is 2.65. The van der Waals surface area contributed by atoms with Crippen LogP contribution in [-0.2, 0) is 11.3 Å². The number of nitrogens with zero attached hydrogens (tertiary/aromatic N) is 2. The molecule has 0 saturated heterocycles. The Balaban J connectivity index is 2.07. The third kappa shape index (κ3) is 2.97. The molecule has 17 heavy (non-hydrogen) atoms. The van der Waals surface area contributed by atoms with E-state index in [2.05, 4.69) is 10.3 Å². The molecule has 2 rings (SSSR count). The molecule has 2 heterocycles. The highest BCUT2D eigenvalue weighted by Gasteiger charge is 2.04. The van der Waals surface area contributed by atoms with Gasteiger partial charge in [-0.3, -0.25) is 4.79 Å². The van der Waals surface area contributed by atoms with Gasteiger partial charge in [0.25, 0.3) is 0 Å². The van der Waals surface area contributed by atoms with E-state index in [1.807, 2.05) is 23.7 Å². The first-order valence-corrected chi connectivity index (χ1v) is 5.96. The molecule has 0 saturated carbocycles. The molecule has 1 N–H and O–H groups in total. The zero-order chi connectivity index (χ0) is 12.3. The highest BCUT2D eigenvalue weighted by atomic mass is 35.5. The number of halogens is 1. The average Bonchev–Trinajstić information content (AvgIpc) is 2.68. The Morgan fingerprint density at radius 1 is 1.59 bits per heavy atom. The van der Waals surface area contributed by atoms with Crippen LogP contribution < -0.4 is 5.32 Å². The summed E-state index contributed by atoms with van der Waals surface area (Å²) in [7, 11) is 0. The summed E-state index contributed by atoms with van der Waals surface area (Å²) in [6.07, 6.45) is 5.14. The van der Waals surface area contributed by atoms with Crippen molar-refractivity contribution in [2.75, 3.05) is 0 Å². The molecule has 4 nitrogen and oxygen atoms in total. The van der Waals surface area contributed by atoms with Crippen molar-refractivity contribution < 1.29 is 4.79 Å². The fourth-order valence-electron chi connectivity index (χ4n) is 1.60. The Morgan fingerprint density at radius 3 is 3.18 bits per heavy atom. The summed E-state index contributed by atoms with van der Waals surface area (Å²) in [5.41, 5.74) is 1.62. The Labute approximate surface area is 105 Å². The van der Waals surface area contributed by atoms with Crippen molar-refractivity contribution in [2.45, 2.75) is 26.3 Å². The number of imidazole rings is 1. The van der Waals surface area contributed by atoms with Crippen LogP contribution >= 0.6 is 11.6 Å². The molecule has 0 fully saturated rings. The van der Waals surface area contributed by atoms with Crippen LogP contribution in [0.25, 0.3) is 5.65 Å². The van der Waals surface area contributed by atoms with Crippen LogP contribution in [0.1, 0.15) is 25.5 Å². The predicted octanol–water partition coefficient (Wildman–Crippen LogP) is 2.40. The van der Waals surface area contributed by atoms with Gasteiger partial charge in [-0.2, -0.15) is 0 Å². The van der Waals surface area contributed by atoms with E-state index in [4.69, 9.17) is 11.6 Å². The van der Waals surface area contributed by atoms with Crippen LogP contribution in [-0.4, -0.2) is 15.3 Å². The molecule has 5 heteroatoms. The molecule has 90 valence electrons.